The van der Waals surface area contributed by atoms with E-state index in [1.54, 1.807) is 75.9 Å². The molecule has 1 aliphatic carbocycles. The molecule has 2 aromatic rings. The fraction of sp³-hybridized carbons (Fsp3) is 0.627. The van der Waals surface area contributed by atoms with Crippen LogP contribution in [-0.4, -0.2) is 175 Å². The molecule has 2 heterocycles. The van der Waals surface area contributed by atoms with E-state index in [9.17, 15) is 52.7 Å². The Labute approximate surface area is 541 Å². The number of alkyl carbamates (subject to hydrolysis) is 1. The number of carbonyl (C=O) groups excluding carboxylic acids is 11. The second kappa shape index (κ2) is 35.2. The largest absolute Gasteiger partial charge is 0.445 e. The van der Waals surface area contributed by atoms with Gasteiger partial charge < -0.3 is 67.0 Å². The van der Waals surface area contributed by atoms with E-state index in [2.05, 4.69) is 49.4 Å². The maximum absolute atomic E-state index is 14.7. The van der Waals surface area contributed by atoms with Crippen molar-refractivity contribution in [3.63, 3.8) is 0 Å². The first-order chi connectivity index (χ1) is 43.6. The molecule has 3 aliphatic rings. The topological polar surface area (TPSA) is 335 Å². The number of amides is 12. The average molecular weight is 1280 g/mol. The fourth-order valence-electron chi connectivity index (χ4n) is 11.9. The van der Waals surface area contributed by atoms with E-state index in [1.165, 1.54) is 38.7 Å². The summed E-state index contributed by atoms with van der Waals surface area (Å²) in [7, 11) is 4.72. The SMILES string of the molecule is CC[C@H](C)[C@@H]([C@@H](CC(=O)N1CCC[C@H]1C(OC)[C@@H](C)C(=O)NCC1(c2ccccc2)CC1)OC)N(C)C(=O)[C@@H](NC(=O)C(C)(C)NC(=O)OCc1ccc(NC(=O)[C@H](CCCNC(N)=O)NC(=O)[C@@H](NC(=O)CCCCCN2C(=O)C=CC2=O)C(C)C)cc1)C(C)C. The molecule has 25 nitrogen and oxygen atoms in total. The molecule has 2 aliphatic heterocycles. The van der Waals surface area contributed by atoms with E-state index in [-0.39, 0.29) is 98.2 Å². The first kappa shape index (κ1) is 74.8. The Morgan fingerprint density at radius 3 is 2.01 bits per heavy atom. The molecule has 0 spiro atoms. The summed E-state index contributed by atoms with van der Waals surface area (Å²) in [6, 6.07) is 11.7. The molecule has 12 amide bonds. The highest BCUT2D eigenvalue weighted by Gasteiger charge is 2.47. The van der Waals surface area contributed by atoms with Crippen molar-refractivity contribution in [3.8, 4) is 0 Å². The van der Waals surface area contributed by atoms with Gasteiger partial charge in [0, 0.05) is 77.1 Å². The lowest BCUT2D eigenvalue weighted by atomic mass is 9.89. The number of imide groups is 1. The van der Waals surface area contributed by atoms with Crippen molar-refractivity contribution in [2.24, 2.45) is 29.4 Å². The summed E-state index contributed by atoms with van der Waals surface area (Å²) >= 11 is 0. The third-order valence-corrected chi connectivity index (χ3v) is 17.9. The summed E-state index contributed by atoms with van der Waals surface area (Å²) in [4.78, 5) is 150. The number of likely N-dealkylation sites (tertiary alicyclic amines) is 1. The Morgan fingerprint density at radius 2 is 1.42 bits per heavy atom. The molecule has 1 saturated heterocycles. The predicted octanol–water partition coefficient (Wildman–Crippen LogP) is 5.10. The van der Waals surface area contributed by atoms with Crippen molar-refractivity contribution in [1.82, 2.24) is 46.6 Å². The summed E-state index contributed by atoms with van der Waals surface area (Å²) in [6.07, 6.45) is 6.09. The third kappa shape index (κ3) is 21.3. The predicted molar refractivity (Wildman–Crippen MR) is 346 cm³/mol. The number of primary amides is 1. The molecule has 0 bridgehead atoms. The summed E-state index contributed by atoms with van der Waals surface area (Å²) in [6.45, 7) is 16.9. The van der Waals surface area contributed by atoms with Crippen molar-refractivity contribution in [1.29, 1.82) is 0 Å². The van der Waals surface area contributed by atoms with E-state index >= 15 is 0 Å². The molecule has 2 fully saturated rings. The second-order valence-electron chi connectivity index (χ2n) is 25.9. The van der Waals surface area contributed by atoms with Gasteiger partial charge in [0.25, 0.3) is 11.8 Å². The summed E-state index contributed by atoms with van der Waals surface area (Å²) in [5, 5.41) is 19.4. The van der Waals surface area contributed by atoms with Gasteiger partial charge in [0.15, 0.2) is 0 Å². The maximum atomic E-state index is 14.7. The number of urea groups is 1. The maximum Gasteiger partial charge on any atom is 0.408 e. The minimum absolute atomic E-state index is 0.0547. The van der Waals surface area contributed by atoms with E-state index < -0.39 is 89.5 Å². The quantitative estimate of drug-likeness (QED) is 0.0323. The number of methoxy groups -OCH3 is 2. The minimum Gasteiger partial charge on any atom is -0.445 e. The number of anilines is 1. The monoisotopic (exact) mass is 1280 g/mol. The number of hydrogen-bond acceptors (Lipinski definition) is 14. The first-order valence-corrected chi connectivity index (χ1v) is 32.4. The number of nitrogens with two attached hydrogens (primary N) is 1. The molecule has 5 rings (SSSR count). The zero-order valence-electron chi connectivity index (χ0n) is 55.9. The van der Waals surface area contributed by atoms with Crippen LogP contribution >= 0.6 is 0 Å². The van der Waals surface area contributed by atoms with Gasteiger partial charge in [0.2, 0.25) is 41.4 Å². The number of rotatable bonds is 37. The van der Waals surface area contributed by atoms with Crippen LogP contribution in [0.15, 0.2) is 66.7 Å². The smallest absolute Gasteiger partial charge is 0.408 e. The molecular weight excluding hydrogens is 1180 g/mol. The minimum atomic E-state index is -1.58. The van der Waals surface area contributed by atoms with Crippen molar-refractivity contribution in [2.45, 2.75) is 199 Å². The highest BCUT2D eigenvalue weighted by Crippen LogP contribution is 2.47. The number of nitrogens with one attached hydrogen (secondary N) is 7. The van der Waals surface area contributed by atoms with Crippen LogP contribution in [0.4, 0.5) is 15.3 Å². The average Bonchev–Trinajstić information content (AvgIpc) is 1.58. The van der Waals surface area contributed by atoms with Gasteiger partial charge in [-0.25, -0.2) is 9.59 Å². The summed E-state index contributed by atoms with van der Waals surface area (Å²) in [5.41, 5.74) is 5.64. The molecule has 2 aromatic carbocycles. The molecule has 1 saturated carbocycles. The van der Waals surface area contributed by atoms with E-state index in [4.69, 9.17) is 19.9 Å². The molecule has 92 heavy (non-hydrogen) atoms. The third-order valence-electron chi connectivity index (χ3n) is 17.9. The Bertz CT molecular complexity index is 2880. The molecule has 508 valence electrons. The van der Waals surface area contributed by atoms with Gasteiger partial charge in [-0.05, 0) is 106 Å². The van der Waals surface area contributed by atoms with Gasteiger partial charge in [0.05, 0.1) is 36.6 Å². The van der Waals surface area contributed by atoms with Gasteiger partial charge in [-0.15, -0.1) is 0 Å². The lowest BCUT2D eigenvalue weighted by molar-refractivity contribution is -0.148. The highest BCUT2D eigenvalue weighted by molar-refractivity contribution is 6.12. The van der Waals surface area contributed by atoms with Crippen LogP contribution in [-0.2, 0) is 69.4 Å². The summed E-state index contributed by atoms with van der Waals surface area (Å²) in [5.74, 6) is -5.21. The van der Waals surface area contributed by atoms with Crippen molar-refractivity contribution in [2.75, 3.05) is 52.8 Å². The summed E-state index contributed by atoms with van der Waals surface area (Å²) < 4.78 is 17.6. The molecule has 9 N–H and O–H groups in total. The lowest BCUT2D eigenvalue weighted by Gasteiger charge is -2.41. The van der Waals surface area contributed by atoms with Gasteiger partial charge in [-0.1, -0.05) is 104 Å². The highest BCUT2D eigenvalue weighted by atomic mass is 16.5. The van der Waals surface area contributed by atoms with Crippen LogP contribution in [0.25, 0.3) is 0 Å². The van der Waals surface area contributed by atoms with Gasteiger partial charge >= 0.3 is 12.1 Å². The van der Waals surface area contributed by atoms with Crippen LogP contribution in [0, 0.1) is 23.7 Å². The number of ether oxygens (including phenoxy) is 3. The Morgan fingerprint density at radius 1 is 0.772 bits per heavy atom. The van der Waals surface area contributed by atoms with E-state index in [0.29, 0.717) is 56.4 Å². The standard InChI is InChI=1S/C67H101N11O14/c1-13-43(6)57(50(90-11)38-54(82)77-37-21-25-49(77)58(91-12)44(7)59(83)70-40-67(33-34-67)46-22-16-14-17-23-46)76(10)62(86)56(42(4)5)74-63(87)66(8,9)75-65(89)92-39-45-27-29-47(30-28-45)71-60(84)48(24-20-35-69-64(68)88)72-61(85)55(41(2)3)73-51(79)26-18-15-19-36-78-52(80)31-32-53(78)81/h14,16-17,22-23,27-32,41-44,48-50,55-58H,13,15,18-21,24-26,33-40H2,1-12H3,(H,70,83)(H,71,84)(H,72,85)(H,73,79)(H,74,87)(H,75,89)(H3,68,69,88)/t43-,44+,48-,49-,50+,55-,56-,57-,58?/m0/s1. The number of carbonyl (C=O) groups is 11. The molecule has 1 unspecified atom stereocenters. The van der Waals surface area contributed by atoms with E-state index in [0.717, 1.165) is 24.2 Å². The zero-order chi connectivity index (χ0) is 68.0. The van der Waals surface area contributed by atoms with Crippen molar-refractivity contribution >= 4 is 71.0 Å². The number of unbranched alkanes of at least 4 members (excludes halogenated alkanes) is 2. The Balaban J connectivity index is 1.13. The van der Waals surface area contributed by atoms with Crippen LogP contribution < -0.4 is 43.0 Å². The van der Waals surface area contributed by atoms with Crippen molar-refractivity contribution < 1.29 is 67.0 Å². The fourth-order valence-corrected chi connectivity index (χ4v) is 11.9. The van der Waals surface area contributed by atoms with Gasteiger partial charge in [0.1, 0.15) is 30.3 Å². The van der Waals surface area contributed by atoms with Crippen LogP contribution in [0.1, 0.15) is 150 Å². The Kier molecular flexibility index (Phi) is 28.6. The van der Waals surface area contributed by atoms with Gasteiger partial charge in [-0.2, -0.15) is 0 Å². The normalized spacial score (nSPS) is 17.7. The number of hydrogen-bond donors (Lipinski definition) is 8. The number of nitrogens with zero attached hydrogens (tertiary/aromatic N) is 3. The molecule has 0 aromatic heterocycles. The van der Waals surface area contributed by atoms with Gasteiger partial charge in [-0.3, -0.25) is 48.1 Å². The molecule has 25 heteroatoms. The van der Waals surface area contributed by atoms with Crippen molar-refractivity contribution in [3.05, 3.63) is 77.9 Å². The second-order valence-corrected chi connectivity index (χ2v) is 25.9. The number of likely N-dealkylation sites (N-methyl/N-ethyl adjacent to an activating group) is 1. The van der Waals surface area contributed by atoms with Crippen LogP contribution in [0.5, 0.6) is 0 Å². The van der Waals surface area contributed by atoms with Crippen LogP contribution in [0.2, 0.25) is 0 Å². The Hall–Kier alpha value is -7.93. The number of benzene rings is 2. The van der Waals surface area contributed by atoms with Crippen LogP contribution in [0.3, 0.4) is 0 Å². The molecular formula is C67H101N11O14. The lowest BCUT2D eigenvalue weighted by Crippen LogP contribution is -2.62. The molecule has 0 radical (unpaired) electrons. The molecule has 9 atom stereocenters. The zero-order valence-corrected chi connectivity index (χ0v) is 55.9. The first-order valence-electron chi connectivity index (χ1n) is 32.4. The van der Waals surface area contributed by atoms with E-state index in [1.807, 2.05) is 39.0 Å².